The predicted octanol–water partition coefficient (Wildman–Crippen LogP) is 4.37. The maximum Gasteiger partial charge on any atom is 0.304 e. The highest BCUT2D eigenvalue weighted by Crippen LogP contribution is 2.47. The number of carbonyl (C=O) groups is 1. The fourth-order valence-electron chi connectivity index (χ4n) is 2.75. The Morgan fingerprint density at radius 2 is 1.68 bits per heavy atom. The second kappa shape index (κ2) is 5.19. The summed E-state index contributed by atoms with van der Waals surface area (Å²) in [5.41, 5.74) is 0.183. The van der Waals surface area contributed by atoms with E-state index in [-0.39, 0.29) is 32.1 Å². The van der Waals surface area contributed by atoms with Crippen LogP contribution in [0.3, 0.4) is 0 Å². The Labute approximate surface area is 118 Å². The highest BCUT2D eigenvalue weighted by atomic mass is 79.9. The van der Waals surface area contributed by atoms with Gasteiger partial charge in [0.1, 0.15) is 0 Å². The fraction of sp³-hybridized carbons (Fsp3) is 0.500. The van der Waals surface area contributed by atoms with Gasteiger partial charge >= 0.3 is 5.97 Å². The van der Waals surface area contributed by atoms with Gasteiger partial charge in [0.15, 0.2) is 0 Å². The quantitative estimate of drug-likeness (QED) is 0.892. The zero-order valence-electron chi connectivity index (χ0n) is 10.3. The summed E-state index contributed by atoms with van der Waals surface area (Å²) in [6.07, 6.45) is -0.140. The van der Waals surface area contributed by atoms with Crippen LogP contribution in [-0.2, 0) is 10.2 Å². The zero-order chi connectivity index (χ0) is 14.1. The Morgan fingerprint density at radius 3 is 2.16 bits per heavy atom. The Kier molecular flexibility index (Phi) is 3.95. The van der Waals surface area contributed by atoms with E-state index in [1.54, 1.807) is 0 Å². The molecule has 1 aromatic carbocycles. The number of rotatable bonds is 3. The van der Waals surface area contributed by atoms with Crippen LogP contribution >= 0.6 is 15.9 Å². The average molecular weight is 333 g/mol. The van der Waals surface area contributed by atoms with Crippen molar-refractivity contribution < 1.29 is 18.7 Å². The minimum atomic E-state index is -2.66. The molecule has 0 saturated heterocycles. The second-order valence-electron chi connectivity index (χ2n) is 5.21. The first-order valence-corrected chi connectivity index (χ1v) is 6.98. The minimum absolute atomic E-state index is 0.0925. The molecule has 0 heterocycles. The molecule has 1 fully saturated rings. The van der Waals surface area contributed by atoms with Crippen LogP contribution in [-0.4, -0.2) is 17.0 Å². The van der Waals surface area contributed by atoms with Crippen molar-refractivity contribution in [1.82, 2.24) is 0 Å². The van der Waals surface area contributed by atoms with Gasteiger partial charge in [-0.2, -0.15) is 0 Å². The van der Waals surface area contributed by atoms with Gasteiger partial charge in [-0.3, -0.25) is 4.79 Å². The van der Waals surface area contributed by atoms with E-state index in [9.17, 15) is 13.6 Å². The number of hydrogen-bond acceptors (Lipinski definition) is 1. The van der Waals surface area contributed by atoms with Gasteiger partial charge in [-0.15, -0.1) is 0 Å². The summed E-state index contributed by atoms with van der Waals surface area (Å²) in [5, 5.41) is 9.08. The van der Waals surface area contributed by atoms with E-state index in [1.165, 1.54) is 0 Å². The predicted molar refractivity (Wildman–Crippen MR) is 71.5 cm³/mol. The molecule has 0 radical (unpaired) electrons. The lowest BCUT2D eigenvalue weighted by Crippen LogP contribution is -2.38. The molecule has 104 valence electrons. The van der Waals surface area contributed by atoms with Gasteiger partial charge < -0.3 is 5.11 Å². The molecule has 0 aliphatic heterocycles. The molecule has 2 rings (SSSR count). The van der Waals surface area contributed by atoms with Crippen LogP contribution in [0.15, 0.2) is 28.7 Å². The topological polar surface area (TPSA) is 37.3 Å². The van der Waals surface area contributed by atoms with Gasteiger partial charge in [-0.1, -0.05) is 28.1 Å². The zero-order valence-corrected chi connectivity index (χ0v) is 11.9. The molecule has 19 heavy (non-hydrogen) atoms. The minimum Gasteiger partial charge on any atom is -0.481 e. The first-order valence-electron chi connectivity index (χ1n) is 6.19. The second-order valence-corrected chi connectivity index (χ2v) is 6.13. The number of alkyl halides is 2. The first-order chi connectivity index (χ1) is 8.83. The van der Waals surface area contributed by atoms with Crippen LogP contribution in [0, 0.1) is 0 Å². The Bertz CT molecular complexity index is 461. The molecule has 1 N–H and O–H groups in total. The van der Waals surface area contributed by atoms with Crippen molar-refractivity contribution in [2.24, 2.45) is 0 Å². The number of carboxylic acid groups (broad SMARTS) is 1. The van der Waals surface area contributed by atoms with Crippen LogP contribution in [0.25, 0.3) is 0 Å². The van der Waals surface area contributed by atoms with Crippen molar-refractivity contribution >= 4 is 21.9 Å². The molecule has 2 nitrogen and oxygen atoms in total. The molecule has 0 unspecified atom stereocenters. The Morgan fingerprint density at radius 1 is 1.16 bits per heavy atom. The third-order valence-corrected chi connectivity index (χ3v) is 4.41. The molecule has 0 amide bonds. The summed E-state index contributed by atoms with van der Waals surface area (Å²) in [4.78, 5) is 11.1. The molecular weight excluding hydrogens is 318 g/mol. The van der Waals surface area contributed by atoms with E-state index < -0.39 is 17.3 Å². The summed E-state index contributed by atoms with van der Waals surface area (Å²) in [7, 11) is 0. The summed E-state index contributed by atoms with van der Waals surface area (Å²) < 4.78 is 27.5. The third-order valence-electron chi connectivity index (χ3n) is 3.88. The largest absolute Gasteiger partial charge is 0.481 e. The Hall–Kier alpha value is -0.970. The molecule has 1 aliphatic rings. The van der Waals surface area contributed by atoms with Gasteiger partial charge in [0.25, 0.3) is 0 Å². The summed E-state index contributed by atoms with van der Waals surface area (Å²) in [5.74, 6) is -3.59. The SMILES string of the molecule is O=C(O)CC1(c2ccc(Br)cc2)CCC(F)(F)CC1. The lowest BCUT2D eigenvalue weighted by atomic mass is 9.66. The standard InChI is InChI=1S/C14H15BrF2O2/c15-11-3-1-10(2-4-11)13(9-12(18)19)5-7-14(16,17)8-6-13/h1-4H,5-9H2,(H,18,19). The van der Waals surface area contributed by atoms with Crippen molar-refractivity contribution in [2.45, 2.75) is 43.4 Å². The highest BCUT2D eigenvalue weighted by Gasteiger charge is 2.45. The molecular formula is C14H15BrF2O2. The van der Waals surface area contributed by atoms with Gasteiger partial charge in [0.05, 0.1) is 6.42 Å². The molecule has 0 bridgehead atoms. The summed E-state index contributed by atoms with van der Waals surface area (Å²) >= 11 is 3.32. The molecule has 0 atom stereocenters. The van der Waals surface area contributed by atoms with E-state index >= 15 is 0 Å². The first kappa shape index (κ1) is 14.4. The number of carboxylic acids is 1. The summed E-state index contributed by atoms with van der Waals surface area (Å²) in [6, 6.07) is 7.31. The van der Waals surface area contributed by atoms with Crippen molar-refractivity contribution in [3.8, 4) is 0 Å². The fourth-order valence-corrected chi connectivity index (χ4v) is 3.02. The number of benzene rings is 1. The van der Waals surface area contributed by atoms with Crippen LogP contribution in [0.4, 0.5) is 8.78 Å². The van der Waals surface area contributed by atoms with Gasteiger partial charge in [0.2, 0.25) is 5.92 Å². The maximum atomic E-state index is 13.3. The molecule has 5 heteroatoms. The van der Waals surface area contributed by atoms with E-state index in [2.05, 4.69) is 15.9 Å². The van der Waals surface area contributed by atoms with Crippen LogP contribution in [0.2, 0.25) is 0 Å². The highest BCUT2D eigenvalue weighted by molar-refractivity contribution is 9.10. The lowest BCUT2D eigenvalue weighted by molar-refractivity contribution is -0.140. The molecule has 1 aliphatic carbocycles. The monoisotopic (exact) mass is 332 g/mol. The Balaban J connectivity index is 2.30. The molecule has 0 aromatic heterocycles. The normalized spacial score (nSPS) is 21.0. The van der Waals surface area contributed by atoms with Crippen LogP contribution in [0.5, 0.6) is 0 Å². The van der Waals surface area contributed by atoms with E-state index in [4.69, 9.17) is 5.11 Å². The van der Waals surface area contributed by atoms with Gasteiger partial charge in [-0.05, 0) is 30.5 Å². The maximum absolute atomic E-state index is 13.3. The van der Waals surface area contributed by atoms with E-state index in [1.807, 2.05) is 24.3 Å². The van der Waals surface area contributed by atoms with Gasteiger partial charge in [0, 0.05) is 22.7 Å². The van der Waals surface area contributed by atoms with Gasteiger partial charge in [-0.25, -0.2) is 8.78 Å². The van der Waals surface area contributed by atoms with Crippen molar-refractivity contribution in [3.63, 3.8) is 0 Å². The number of halogens is 3. The summed E-state index contributed by atoms with van der Waals surface area (Å²) in [6.45, 7) is 0. The van der Waals surface area contributed by atoms with Crippen LogP contribution < -0.4 is 0 Å². The molecule has 1 saturated carbocycles. The van der Waals surface area contributed by atoms with Crippen LogP contribution in [0.1, 0.15) is 37.7 Å². The smallest absolute Gasteiger partial charge is 0.304 e. The lowest BCUT2D eigenvalue weighted by Gasteiger charge is -2.39. The van der Waals surface area contributed by atoms with E-state index in [0.29, 0.717) is 0 Å². The number of aliphatic carboxylic acids is 1. The van der Waals surface area contributed by atoms with Crippen molar-refractivity contribution in [1.29, 1.82) is 0 Å². The average Bonchev–Trinajstić information content (AvgIpc) is 2.33. The van der Waals surface area contributed by atoms with E-state index in [0.717, 1.165) is 10.0 Å². The molecule has 1 aromatic rings. The van der Waals surface area contributed by atoms with Crippen molar-refractivity contribution in [2.75, 3.05) is 0 Å². The number of hydrogen-bond donors (Lipinski definition) is 1. The third kappa shape index (κ3) is 3.32. The van der Waals surface area contributed by atoms with Crippen molar-refractivity contribution in [3.05, 3.63) is 34.3 Å². The molecule has 0 spiro atoms.